The van der Waals surface area contributed by atoms with Crippen LogP contribution in [-0.2, 0) is 0 Å². The smallest absolute Gasteiger partial charge is 0.0944 e. The van der Waals surface area contributed by atoms with Crippen LogP contribution in [0.4, 0.5) is 0 Å². The monoisotopic (exact) mass is 122 g/mol. The summed E-state index contributed by atoms with van der Waals surface area (Å²) in [5.41, 5.74) is 0.710. The third-order valence-corrected chi connectivity index (χ3v) is 0.785. The van der Waals surface area contributed by atoms with E-state index in [0.717, 1.165) is 0 Å². The van der Waals surface area contributed by atoms with Gasteiger partial charge in [-0.1, -0.05) is 0 Å². The first-order chi connectivity index (χ1) is 4.31. The lowest BCUT2D eigenvalue weighted by Crippen LogP contribution is -1.89. The number of hydrogen-bond acceptors (Lipinski definition) is 2. The van der Waals surface area contributed by atoms with Crippen LogP contribution in [0.15, 0.2) is 23.9 Å². The molecule has 0 saturated carbocycles. The highest BCUT2D eigenvalue weighted by molar-refractivity contribution is 5.22. The topological polar surface area (TPSA) is 35.8 Å². The van der Waals surface area contributed by atoms with Gasteiger partial charge >= 0.3 is 0 Å². The lowest BCUT2D eigenvalue weighted by molar-refractivity contribution is 1.10. The Hall–Kier alpha value is -1.23. The first-order valence-corrected chi connectivity index (χ1v) is 2.72. The van der Waals surface area contributed by atoms with E-state index in [1.807, 2.05) is 13.1 Å². The molecule has 2 nitrogen and oxygen atoms in total. The first-order valence-electron chi connectivity index (χ1n) is 2.72. The number of nitriles is 1. The minimum Gasteiger partial charge on any atom is -0.394 e. The molecule has 1 N–H and O–H groups in total. The van der Waals surface area contributed by atoms with Gasteiger partial charge in [0.1, 0.15) is 0 Å². The normalized spacial score (nSPS) is 11.4. The zero-order chi connectivity index (χ0) is 7.11. The maximum Gasteiger partial charge on any atom is 0.0944 e. The predicted molar refractivity (Wildman–Crippen MR) is 37.6 cm³/mol. The number of rotatable bonds is 2. The maximum atomic E-state index is 8.26. The van der Waals surface area contributed by atoms with Crippen LogP contribution in [0.5, 0.6) is 0 Å². The highest BCUT2D eigenvalue weighted by Crippen LogP contribution is 1.87. The van der Waals surface area contributed by atoms with Crippen molar-refractivity contribution in [3.05, 3.63) is 23.9 Å². The molecule has 0 aromatic heterocycles. The van der Waals surface area contributed by atoms with Gasteiger partial charge in [-0.2, -0.15) is 5.26 Å². The first kappa shape index (κ1) is 7.77. The van der Waals surface area contributed by atoms with Gasteiger partial charge in [0.15, 0.2) is 0 Å². The Labute approximate surface area is 55.5 Å². The van der Waals surface area contributed by atoms with Gasteiger partial charge in [-0.3, -0.25) is 0 Å². The van der Waals surface area contributed by atoms with Gasteiger partial charge in [-0.05, 0) is 25.3 Å². The maximum absolute atomic E-state index is 8.26. The Morgan fingerprint density at radius 1 is 1.67 bits per heavy atom. The average molecular weight is 122 g/mol. The Kier molecular flexibility index (Phi) is 4.25. The summed E-state index contributed by atoms with van der Waals surface area (Å²) in [6.45, 7) is 1.76. The van der Waals surface area contributed by atoms with Crippen LogP contribution in [0.3, 0.4) is 0 Å². The lowest BCUT2D eigenvalue weighted by Gasteiger charge is -1.81. The Morgan fingerprint density at radius 3 is 2.78 bits per heavy atom. The van der Waals surface area contributed by atoms with Gasteiger partial charge in [0.25, 0.3) is 0 Å². The van der Waals surface area contributed by atoms with Gasteiger partial charge in [-0.25, -0.2) is 0 Å². The molecule has 2 heteroatoms. The van der Waals surface area contributed by atoms with Crippen LogP contribution in [0, 0.1) is 11.3 Å². The second-order valence-electron chi connectivity index (χ2n) is 1.61. The second-order valence-corrected chi connectivity index (χ2v) is 1.61. The number of nitrogens with one attached hydrogen (secondary N) is 1. The highest BCUT2D eigenvalue weighted by Gasteiger charge is 1.75. The Bertz CT molecular complexity index is 160. The van der Waals surface area contributed by atoms with Gasteiger partial charge in [-0.15, -0.1) is 0 Å². The molecule has 0 radical (unpaired) electrons. The van der Waals surface area contributed by atoms with E-state index >= 15 is 0 Å². The molecule has 0 aromatic rings. The van der Waals surface area contributed by atoms with E-state index < -0.39 is 0 Å². The molecule has 0 saturated heterocycles. The lowest BCUT2D eigenvalue weighted by atomic mass is 10.3. The zero-order valence-electron chi connectivity index (χ0n) is 5.68. The van der Waals surface area contributed by atoms with E-state index in [1.165, 1.54) is 0 Å². The molecule has 0 spiro atoms. The van der Waals surface area contributed by atoms with Gasteiger partial charge in [0.2, 0.25) is 0 Å². The molecule has 9 heavy (non-hydrogen) atoms. The van der Waals surface area contributed by atoms with Crippen molar-refractivity contribution in [2.75, 3.05) is 7.05 Å². The molecule has 0 fully saturated rings. The summed E-state index contributed by atoms with van der Waals surface area (Å²) < 4.78 is 0. The van der Waals surface area contributed by atoms with Crippen molar-refractivity contribution in [1.82, 2.24) is 5.32 Å². The number of hydrogen-bond donors (Lipinski definition) is 1. The third kappa shape index (κ3) is 4.63. The SMILES string of the molecule is CN/C=C/C=C(/C)C#N. The molecular formula is C7H10N2. The molecule has 0 aliphatic heterocycles. The molecule has 0 bridgehead atoms. The number of nitrogens with zero attached hydrogens (tertiary/aromatic N) is 1. The summed E-state index contributed by atoms with van der Waals surface area (Å²) in [5.74, 6) is 0. The zero-order valence-corrected chi connectivity index (χ0v) is 5.68. The highest BCUT2D eigenvalue weighted by atomic mass is 14.8. The quantitative estimate of drug-likeness (QED) is 0.441. The van der Waals surface area contributed by atoms with E-state index in [9.17, 15) is 0 Å². The fourth-order valence-corrected chi connectivity index (χ4v) is 0.326. The van der Waals surface area contributed by atoms with Crippen molar-refractivity contribution in [2.24, 2.45) is 0 Å². The van der Waals surface area contributed by atoms with Crippen molar-refractivity contribution in [1.29, 1.82) is 5.26 Å². The molecular weight excluding hydrogens is 112 g/mol. The van der Waals surface area contributed by atoms with Crippen LogP contribution in [0.25, 0.3) is 0 Å². The summed E-state index contributed by atoms with van der Waals surface area (Å²) >= 11 is 0. The molecule has 48 valence electrons. The van der Waals surface area contributed by atoms with E-state index in [1.54, 1.807) is 25.3 Å². The van der Waals surface area contributed by atoms with E-state index in [4.69, 9.17) is 5.26 Å². The van der Waals surface area contributed by atoms with Crippen LogP contribution < -0.4 is 5.32 Å². The van der Waals surface area contributed by atoms with Crippen molar-refractivity contribution in [3.63, 3.8) is 0 Å². The van der Waals surface area contributed by atoms with E-state index in [-0.39, 0.29) is 0 Å². The van der Waals surface area contributed by atoms with Crippen molar-refractivity contribution in [2.45, 2.75) is 6.92 Å². The van der Waals surface area contributed by atoms with Crippen molar-refractivity contribution < 1.29 is 0 Å². The standard InChI is InChI=1S/C7H10N2/c1-7(6-8)4-3-5-9-2/h3-5,9H,1-2H3/b5-3+,7-4-. The predicted octanol–water partition coefficient (Wildman–Crippen LogP) is 1.19. The minimum absolute atomic E-state index is 0.710. The Balaban J connectivity index is 3.72. The van der Waals surface area contributed by atoms with Crippen LogP contribution in [0.1, 0.15) is 6.92 Å². The summed E-state index contributed by atoms with van der Waals surface area (Å²) in [6, 6.07) is 2.01. The average Bonchev–Trinajstić information content (AvgIpc) is 1.89. The summed E-state index contributed by atoms with van der Waals surface area (Å²) in [4.78, 5) is 0. The molecule has 0 aliphatic rings. The Morgan fingerprint density at radius 2 is 2.33 bits per heavy atom. The third-order valence-electron chi connectivity index (χ3n) is 0.785. The van der Waals surface area contributed by atoms with Gasteiger partial charge < -0.3 is 5.32 Å². The molecule has 0 heterocycles. The molecule has 0 amide bonds. The molecule has 0 aliphatic carbocycles. The van der Waals surface area contributed by atoms with Crippen LogP contribution in [0.2, 0.25) is 0 Å². The fraction of sp³-hybridized carbons (Fsp3) is 0.286. The fourth-order valence-electron chi connectivity index (χ4n) is 0.326. The van der Waals surface area contributed by atoms with E-state index in [0.29, 0.717) is 5.57 Å². The second kappa shape index (κ2) is 4.92. The van der Waals surface area contributed by atoms with Crippen LogP contribution >= 0.6 is 0 Å². The largest absolute Gasteiger partial charge is 0.394 e. The summed E-state index contributed by atoms with van der Waals surface area (Å²) in [5, 5.41) is 11.1. The van der Waals surface area contributed by atoms with Gasteiger partial charge in [0, 0.05) is 12.6 Å². The minimum atomic E-state index is 0.710. The van der Waals surface area contributed by atoms with Gasteiger partial charge in [0.05, 0.1) is 6.07 Å². The molecule has 0 unspecified atom stereocenters. The molecule has 0 rings (SSSR count). The number of allylic oxidation sites excluding steroid dienone is 3. The van der Waals surface area contributed by atoms with Crippen molar-refractivity contribution >= 4 is 0 Å². The summed E-state index contributed by atoms with van der Waals surface area (Å²) in [7, 11) is 1.81. The molecule has 0 aromatic carbocycles. The van der Waals surface area contributed by atoms with Crippen LogP contribution in [-0.4, -0.2) is 7.05 Å². The molecule has 0 atom stereocenters. The van der Waals surface area contributed by atoms with Crippen molar-refractivity contribution in [3.8, 4) is 6.07 Å². The van der Waals surface area contributed by atoms with E-state index in [2.05, 4.69) is 5.32 Å². The summed E-state index contributed by atoms with van der Waals surface area (Å²) in [6.07, 6.45) is 5.30.